The molecule has 0 aromatic carbocycles. The lowest BCUT2D eigenvalue weighted by atomic mass is 9.78. The van der Waals surface area contributed by atoms with Gasteiger partial charge in [0.15, 0.2) is 0 Å². The molecule has 1 heterocycles. The van der Waals surface area contributed by atoms with Gasteiger partial charge < -0.3 is 0 Å². The maximum Gasteiger partial charge on any atom is 0.265 e. The summed E-state index contributed by atoms with van der Waals surface area (Å²) in [4.78, 5) is 4.26. The SMILES string of the molecule is CC(C)(C)c1cc(C(F)F)cnc1C(C)(C)C. The van der Waals surface area contributed by atoms with Crippen molar-refractivity contribution >= 4 is 0 Å². The Balaban J connectivity index is 3.43. The predicted molar refractivity (Wildman–Crippen MR) is 66.6 cm³/mol. The van der Waals surface area contributed by atoms with Gasteiger partial charge in [-0.2, -0.15) is 0 Å². The second-order valence-electron chi connectivity index (χ2n) is 6.47. The first kappa shape index (κ1) is 14.1. The van der Waals surface area contributed by atoms with Gasteiger partial charge in [0.2, 0.25) is 0 Å². The summed E-state index contributed by atoms with van der Waals surface area (Å²) in [5, 5.41) is 0. The Kier molecular flexibility index (Phi) is 3.60. The van der Waals surface area contributed by atoms with E-state index in [2.05, 4.69) is 4.98 Å². The highest BCUT2D eigenvalue weighted by molar-refractivity contribution is 5.35. The number of halogens is 2. The van der Waals surface area contributed by atoms with Crippen LogP contribution in [0.1, 0.15) is 64.8 Å². The summed E-state index contributed by atoms with van der Waals surface area (Å²) in [5.41, 5.74) is 1.49. The van der Waals surface area contributed by atoms with Crippen LogP contribution < -0.4 is 0 Å². The molecule has 0 radical (unpaired) electrons. The van der Waals surface area contributed by atoms with Gasteiger partial charge in [-0.15, -0.1) is 0 Å². The summed E-state index contributed by atoms with van der Waals surface area (Å²) in [6.45, 7) is 12.2. The van der Waals surface area contributed by atoms with Crippen molar-refractivity contribution in [2.45, 2.75) is 58.8 Å². The maximum absolute atomic E-state index is 12.7. The van der Waals surface area contributed by atoms with Crippen LogP contribution >= 0.6 is 0 Å². The molecule has 0 spiro atoms. The van der Waals surface area contributed by atoms with Crippen molar-refractivity contribution in [2.75, 3.05) is 0 Å². The monoisotopic (exact) mass is 241 g/mol. The lowest BCUT2D eigenvalue weighted by Crippen LogP contribution is -2.24. The number of aromatic nitrogens is 1. The quantitative estimate of drug-likeness (QED) is 0.699. The molecule has 0 amide bonds. The maximum atomic E-state index is 12.7. The predicted octanol–water partition coefficient (Wildman–Crippen LogP) is 4.61. The Morgan fingerprint density at radius 1 is 1.00 bits per heavy atom. The van der Waals surface area contributed by atoms with Crippen LogP contribution in [0.3, 0.4) is 0 Å². The van der Waals surface area contributed by atoms with Crippen molar-refractivity contribution in [1.82, 2.24) is 4.98 Å². The molecule has 0 bridgehead atoms. The fraction of sp³-hybridized carbons (Fsp3) is 0.643. The van der Waals surface area contributed by atoms with Gasteiger partial charge in [0.05, 0.1) is 0 Å². The van der Waals surface area contributed by atoms with E-state index in [0.717, 1.165) is 11.3 Å². The fourth-order valence-electron chi connectivity index (χ4n) is 1.77. The first-order valence-electron chi connectivity index (χ1n) is 5.82. The van der Waals surface area contributed by atoms with Gasteiger partial charge in [0.25, 0.3) is 6.43 Å². The standard InChI is InChI=1S/C14H21F2N/c1-13(2,3)10-7-9(12(15)16)8-17-11(10)14(4,5)6/h7-8,12H,1-6H3. The van der Waals surface area contributed by atoms with Gasteiger partial charge in [-0.05, 0) is 17.0 Å². The molecule has 96 valence electrons. The van der Waals surface area contributed by atoms with Crippen LogP contribution in [0.15, 0.2) is 12.3 Å². The molecule has 0 fully saturated rings. The molecule has 0 N–H and O–H groups in total. The van der Waals surface area contributed by atoms with Crippen LogP contribution in [0.2, 0.25) is 0 Å². The molecule has 17 heavy (non-hydrogen) atoms. The highest BCUT2D eigenvalue weighted by Crippen LogP contribution is 2.34. The van der Waals surface area contributed by atoms with Gasteiger partial charge in [-0.1, -0.05) is 41.5 Å². The molecule has 3 heteroatoms. The normalized spacial score (nSPS) is 13.2. The molecule has 0 saturated heterocycles. The van der Waals surface area contributed by atoms with E-state index in [1.165, 1.54) is 6.20 Å². The molecule has 0 atom stereocenters. The largest absolute Gasteiger partial charge is 0.265 e. The average molecular weight is 241 g/mol. The fourth-order valence-corrected chi connectivity index (χ4v) is 1.77. The van der Waals surface area contributed by atoms with Gasteiger partial charge >= 0.3 is 0 Å². The molecular formula is C14H21F2N. The van der Waals surface area contributed by atoms with Crippen molar-refractivity contribution in [2.24, 2.45) is 0 Å². The number of hydrogen-bond donors (Lipinski definition) is 0. The molecule has 1 rings (SSSR count). The third-order valence-electron chi connectivity index (χ3n) is 2.68. The zero-order valence-electron chi connectivity index (χ0n) is 11.4. The van der Waals surface area contributed by atoms with Crippen LogP contribution in [0.25, 0.3) is 0 Å². The number of pyridine rings is 1. The minimum atomic E-state index is -2.46. The van der Waals surface area contributed by atoms with Crippen molar-refractivity contribution < 1.29 is 8.78 Å². The summed E-state index contributed by atoms with van der Waals surface area (Å²) in [6.07, 6.45) is -1.17. The summed E-state index contributed by atoms with van der Waals surface area (Å²) in [5.74, 6) is 0. The highest BCUT2D eigenvalue weighted by Gasteiger charge is 2.27. The van der Waals surface area contributed by atoms with Crippen molar-refractivity contribution in [3.63, 3.8) is 0 Å². The number of rotatable bonds is 1. The Bertz CT molecular complexity index is 398. The molecule has 0 saturated carbocycles. The van der Waals surface area contributed by atoms with Crippen LogP contribution in [-0.2, 0) is 10.8 Å². The Hall–Kier alpha value is -0.990. The zero-order valence-corrected chi connectivity index (χ0v) is 11.4. The van der Waals surface area contributed by atoms with E-state index < -0.39 is 6.43 Å². The van der Waals surface area contributed by atoms with E-state index in [0.29, 0.717) is 0 Å². The third kappa shape index (κ3) is 3.24. The third-order valence-corrected chi connectivity index (χ3v) is 2.68. The zero-order chi connectivity index (χ0) is 13.4. The molecule has 1 nitrogen and oxygen atoms in total. The van der Waals surface area contributed by atoms with Gasteiger partial charge in [-0.3, -0.25) is 4.98 Å². The summed E-state index contributed by atoms with van der Waals surface area (Å²) >= 11 is 0. The minimum absolute atomic E-state index is 0.00271. The van der Waals surface area contributed by atoms with Crippen LogP contribution in [0.5, 0.6) is 0 Å². The minimum Gasteiger partial charge on any atom is -0.260 e. The molecule has 0 aliphatic carbocycles. The Morgan fingerprint density at radius 2 is 1.53 bits per heavy atom. The van der Waals surface area contributed by atoms with E-state index in [-0.39, 0.29) is 16.4 Å². The molecule has 1 aromatic rings. The number of hydrogen-bond acceptors (Lipinski definition) is 1. The van der Waals surface area contributed by atoms with Crippen molar-refractivity contribution in [3.8, 4) is 0 Å². The number of alkyl halides is 2. The molecular weight excluding hydrogens is 220 g/mol. The molecule has 0 aliphatic heterocycles. The Morgan fingerprint density at radius 3 is 1.88 bits per heavy atom. The topological polar surface area (TPSA) is 12.9 Å². The van der Waals surface area contributed by atoms with Gasteiger partial charge in [0.1, 0.15) is 0 Å². The Labute approximate surface area is 102 Å². The second kappa shape index (κ2) is 4.35. The average Bonchev–Trinajstić information content (AvgIpc) is 2.14. The van der Waals surface area contributed by atoms with E-state index in [4.69, 9.17) is 0 Å². The first-order chi connectivity index (χ1) is 7.53. The molecule has 0 unspecified atom stereocenters. The molecule has 0 aliphatic rings. The summed E-state index contributed by atoms with van der Waals surface area (Å²) < 4.78 is 25.4. The van der Waals surface area contributed by atoms with Crippen molar-refractivity contribution in [1.29, 1.82) is 0 Å². The van der Waals surface area contributed by atoms with Crippen LogP contribution in [0, 0.1) is 0 Å². The lowest BCUT2D eigenvalue weighted by Gasteiger charge is -2.29. The van der Waals surface area contributed by atoms with E-state index in [9.17, 15) is 8.78 Å². The highest BCUT2D eigenvalue weighted by atomic mass is 19.3. The van der Waals surface area contributed by atoms with Crippen molar-refractivity contribution in [3.05, 3.63) is 29.1 Å². The summed E-state index contributed by atoms with van der Waals surface area (Å²) in [7, 11) is 0. The summed E-state index contributed by atoms with van der Waals surface area (Å²) in [6, 6.07) is 1.60. The first-order valence-corrected chi connectivity index (χ1v) is 5.82. The lowest BCUT2D eigenvalue weighted by molar-refractivity contribution is 0.150. The van der Waals surface area contributed by atoms with E-state index in [1.54, 1.807) is 6.07 Å². The molecule has 1 aromatic heterocycles. The van der Waals surface area contributed by atoms with Crippen LogP contribution in [-0.4, -0.2) is 4.98 Å². The number of nitrogens with zero attached hydrogens (tertiary/aromatic N) is 1. The van der Waals surface area contributed by atoms with E-state index >= 15 is 0 Å². The second-order valence-corrected chi connectivity index (χ2v) is 6.47. The van der Waals surface area contributed by atoms with Gasteiger partial charge in [-0.25, -0.2) is 8.78 Å². The van der Waals surface area contributed by atoms with E-state index in [1.807, 2.05) is 41.5 Å². The van der Waals surface area contributed by atoms with Crippen LogP contribution in [0.4, 0.5) is 8.78 Å². The smallest absolute Gasteiger partial charge is 0.260 e. The van der Waals surface area contributed by atoms with Gasteiger partial charge in [0, 0.05) is 22.9 Å².